The van der Waals surface area contributed by atoms with Crippen molar-refractivity contribution in [1.82, 2.24) is 0 Å². The molecule has 0 aromatic heterocycles. The van der Waals surface area contributed by atoms with Crippen LogP contribution in [0.4, 0.5) is 17.6 Å². The predicted octanol–water partition coefficient (Wildman–Crippen LogP) is 7.68. The highest BCUT2D eigenvalue weighted by molar-refractivity contribution is 6.25. The van der Waals surface area contributed by atoms with Gasteiger partial charge in [0.2, 0.25) is 0 Å². The zero-order chi connectivity index (χ0) is 18.7. The van der Waals surface area contributed by atoms with E-state index in [1.165, 1.54) is 31.7 Å². The molecule has 0 spiro atoms. The molecule has 26 heavy (non-hydrogen) atoms. The third-order valence-electron chi connectivity index (χ3n) is 6.37. The van der Waals surface area contributed by atoms with Gasteiger partial charge in [-0.3, -0.25) is 0 Å². The number of alkyl halides is 3. The summed E-state index contributed by atoms with van der Waals surface area (Å²) in [6, 6.07) is 3.44. The van der Waals surface area contributed by atoms with Crippen LogP contribution in [0.15, 0.2) is 29.8 Å². The summed E-state index contributed by atoms with van der Waals surface area (Å²) in [7, 11) is 0. The molecule has 1 aromatic rings. The van der Waals surface area contributed by atoms with Gasteiger partial charge in [-0.15, -0.1) is 0 Å². The Kier molecular flexibility index (Phi) is 6.32. The Labute approximate surface area is 157 Å². The Bertz CT molecular complexity index is 621. The number of rotatable bonds is 3. The maximum Gasteiger partial charge on any atom is 0.419 e. The molecular weight excluding hydrogens is 364 g/mol. The topological polar surface area (TPSA) is 0 Å². The van der Waals surface area contributed by atoms with Crippen molar-refractivity contribution in [1.29, 1.82) is 0 Å². The quantitative estimate of drug-likeness (QED) is 0.466. The lowest BCUT2D eigenvalue weighted by Gasteiger charge is -2.37. The molecule has 0 radical (unpaired) electrons. The van der Waals surface area contributed by atoms with Crippen molar-refractivity contribution < 1.29 is 17.6 Å². The standard InChI is InChI=1S/C21H25ClF4/c22-12-11-14-1-3-15(4-2-14)16-5-7-17(8-6-16)18-9-10-19(20(23)13-18)21(24,25)26/h9-17H,1-8H2/b12-11+/t14-,15-,16?,17?. The van der Waals surface area contributed by atoms with Gasteiger partial charge in [0.1, 0.15) is 5.82 Å². The van der Waals surface area contributed by atoms with Gasteiger partial charge in [0.15, 0.2) is 0 Å². The molecule has 0 heterocycles. The van der Waals surface area contributed by atoms with E-state index in [0.717, 1.165) is 43.7 Å². The summed E-state index contributed by atoms with van der Waals surface area (Å²) in [6.45, 7) is 0. The summed E-state index contributed by atoms with van der Waals surface area (Å²) in [5.74, 6) is 1.09. The van der Waals surface area contributed by atoms with Crippen molar-refractivity contribution in [2.24, 2.45) is 17.8 Å². The second-order valence-electron chi connectivity index (χ2n) is 7.84. The van der Waals surface area contributed by atoms with Crippen LogP contribution in [0.5, 0.6) is 0 Å². The van der Waals surface area contributed by atoms with E-state index in [9.17, 15) is 17.6 Å². The molecule has 0 amide bonds. The SMILES string of the molecule is Fc1cc(C2CCC([C@H]3CC[C@H](/C=C/Cl)CC3)CC2)ccc1C(F)(F)F. The fraction of sp³-hybridized carbons (Fsp3) is 0.619. The molecule has 0 aliphatic heterocycles. The first kappa shape index (κ1) is 19.7. The Morgan fingerprint density at radius 3 is 1.96 bits per heavy atom. The van der Waals surface area contributed by atoms with Gasteiger partial charge in [0.25, 0.3) is 0 Å². The number of allylic oxidation sites excluding steroid dienone is 1. The first-order chi connectivity index (χ1) is 12.4. The molecule has 0 unspecified atom stereocenters. The third-order valence-corrected chi connectivity index (χ3v) is 6.52. The number of hydrogen-bond acceptors (Lipinski definition) is 0. The second kappa shape index (κ2) is 8.33. The van der Waals surface area contributed by atoms with Gasteiger partial charge in [0.05, 0.1) is 5.56 Å². The number of halogens is 5. The molecule has 2 aliphatic rings. The van der Waals surface area contributed by atoms with Crippen molar-refractivity contribution >= 4 is 11.6 Å². The van der Waals surface area contributed by atoms with Crippen molar-refractivity contribution in [3.8, 4) is 0 Å². The van der Waals surface area contributed by atoms with Crippen LogP contribution >= 0.6 is 11.6 Å². The summed E-state index contributed by atoms with van der Waals surface area (Å²) in [6.07, 6.45) is 6.38. The highest BCUT2D eigenvalue weighted by atomic mass is 35.5. The van der Waals surface area contributed by atoms with Gasteiger partial charge in [0, 0.05) is 5.54 Å². The molecule has 2 fully saturated rings. The van der Waals surface area contributed by atoms with E-state index in [1.807, 2.05) is 0 Å². The van der Waals surface area contributed by atoms with Crippen LogP contribution in [-0.2, 0) is 6.18 Å². The molecule has 0 nitrogen and oxygen atoms in total. The number of hydrogen-bond donors (Lipinski definition) is 0. The maximum atomic E-state index is 13.8. The van der Waals surface area contributed by atoms with Crippen LogP contribution in [0.25, 0.3) is 0 Å². The Morgan fingerprint density at radius 2 is 1.46 bits per heavy atom. The van der Waals surface area contributed by atoms with Crippen molar-refractivity contribution in [2.45, 2.75) is 63.5 Å². The molecule has 5 heteroatoms. The first-order valence-electron chi connectivity index (χ1n) is 9.52. The second-order valence-corrected chi connectivity index (χ2v) is 8.09. The summed E-state index contributed by atoms with van der Waals surface area (Å²) in [4.78, 5) is 0. The molecule has 144 valence electrons. The molecule has 0 N–H and O–H groups in total. The Hall–Kier alpha value is -1.03. The highest BCUT2D eigenvalue weighted by Gasteiger charge is 2.35. The van der Waals surface area contributed by atoms with Gasteiger partial charge in [-0.2, -0.15) is 13.2 Å². The molecule has 2 aliphatic carbocycles. The van der Waals surface area contributed by atoms with E-state index in [0.29, 0.717) is 17.4 Å². The lowest BCUT2D eigenvalue weighted by Crippen LogP contribution is -2.25. The van der Waals surface area contributed by atoms with E-state index in [2.05, 4.69) is 6.08 Å². The monoisotopic (exact) mass is 388 g/mol. The number of benzene rings is 1. The average molecular weight is 389 g/mol. The minimum absolute atomic E-state index is 0.179. The van der Waals surface area contributed by atoms with Crippen LogP contribution in [0.1, 0.15) is 68.4 Å². The molecular formula is C21H25ClF4. The minimum Gasteiger partial charge on any atom is -0.206 e. The smallest absolute Gasteiger partial charge is 0.206 e. The molecule has 0 atom stereocenters. The van der Waals surface area contributed by atoms with E-state index in [4.69, 9.17) is 11.6 Å². The van der Waals surface area contributed by atoms with Gasteiger partial charge < -0.3 is 0 Å². The summed E-state index contributed by atoms with van der Waals surface area (Å²) in [5, 5.41) is 0. The van der Waals surface area contributed by atoms with Crippen LogP contribution in [0.3, 0.4) is 0 Å². The van der Waals surface area contributed by atoms with Gasteiger partial charge in [-0.05, 0) is 92.7 Å². The molecule has 0 saturated heterocycles. The van der Waals surface area contributed by atoms with Crippen LogP contribution in [-0.4, -0.2) is 0 Å². The van der Waals surface area contributed by atoms with Crippen molar-refractivity contribution in [3.63, 3.8) is 0 Å². The largest absolute Gasteiger partial charge is 0.419 e. The Balaban J connectivity index is 1.55. The average Bonchev–Trinajstić information content (AvgIpc) is 2.62. The van der Waals surface area contributed by atoms with Crippen LogP contribution < -0.4 is 0 Å². The third kappa shape index (κ3) is 4.62. The zero-order valence-corrected chi connectivity index (χ0v) is 15.5. The highest BCUT2D eigenvalue weighted by Crippen LogP contribution is 2.44. The predicted molar refractivity (Wildman–Crippen MR) is 96.5 cm³/mol. The maximum absolute atomic E-state index is 13.8. The molecule has 0 bridgehead atoms. The normalized spacial score (nSPS) is 30.7. The summed E-state index contributed by atoms with van der Waals surface area (Å²) < 4.78 is 51.9. The van der Waals surface area contributed by atoms with Crippen molar-refractivity contribution in [3.05, 3.63) is 46.8 Å². The van der Waals surface area contributed by atoms with E-state index in [-0.39, 0.29) is 5.92 Å². The van der Waals surface area contributed by atoms with Gasteiger partial charge in [-0.1, -0.05) is 23.7 Å². The summed E-state index contributed by atoms with van der Waals surface area (Å²) >= 11 is 5.67. The van der Waals surface area contributed by atoms with Crippen molar-refractivity contribution in [2.75, 3.05) is 0 Å². The summed E-state index contributed by atoms with van der Waals surface area (Å²) in [5.41, 5.74) is 1.17. The lowest BCUT2D eigenvalue weighted by molar-refractivity contribution is -0.140. The van der Waals surface area contributed by atoms with E-state index < -0.39 is 17.6 Å². The van der Waals surface area contributed by atoms with E-state index in [1.54, 1.807) is 5.54 Å². The zero-order valence-electron chi connectivity index (χ0n) is 14.7. The fourth-order valence-electron chi connectivity index (χ4n) is 4.85. The van der Waals surface area contributed by atoms with Gasteiger partial charge in [-0.25, -0.2) is 4.39 Å². The Morgan fingerprint density at radius 1 is 0.885 bits per heavy atom. The molecule has 1 aromatic carbocycles. The van der Waals surface area contributed by atoms with Crippen LogP contribution in [0, 0.1) is 23.6 Å². The van der Waals surface area contributed by atoms with Crippen LogP contribution in [0.2, 0.25) is 0 Å². The minimum atomic E-state index is -4.63. The van der Waals surface area contributed by atoms with Gasteiger partial charge >= 0.3 is 6.18 Å². The molecule has 2 saturated carbocycles. The molecule has 3 rings (SSSR count). The van der Waals surface area contributed by atoms with E-state index >= 15 is 0 Å². The lowest BCUT2D eigenvalue weighted by atomic mass is 9.68. The first-order valence-corrected chi connectivity index (χ1v) is 9.95. The fourth-order valence-corrected chi connectivity index (χ4v) is 5.06.